The molecule has 5 nitrogen and oxygen atoms in total. The smallest absolute Gasteiger partial charge is 0.119 e. The SMILES string of the molecule is CCCN(CCC)[C@H]1Cc2ccc(OCC)cc2C1.CCCN(CCC)[C@H]1Cc2ccc(OCC)cc2C1O. The number of hydrogen-bond donors (Lipinski definition) is 1. The summed E-state index contributed by atoms with van der Waals surface area (Å²) in [6, 6.07) is 13.7. The van der Waals surface area contributed by atoms with Gasteiger partial charge < -0.3 is 14.6 Å². The number of rotatable bonds is 14. The van der Waals surface area contributed by atoms with Crippen molar-refractivity contribution in [1.82, 2.24) is 9.80 Å². The van der Waals surface area contributed by atoms with E-state index in [1.54, 1.807) is 0 Å². The van der Waals surface area contributed by atoms with E-state index in [0.29, 0.717) is 12.6 Å². The minimum atomic E-state index is -0.386. The van der Waals surface area contributed by atoms with E-state index >= 15 is 0 Å². The average molecular weight is 539 g/mol. The highest BCUT2D eigenvalue weighted by Crippen LogP contribution is 2.37. The monoisotopic (exact) mass is 538 g/mol. The lowest BCUT2D eigenvalue weighted by Gasteiger charge is -2.30. The van der Waals surface area contributed by atoms with Crippen LogP contribution in [0.4, 0.5) is 0 Å². The van der Waals surface area contributed by atoms with Gasteiger partial charge in [-0.1, -0.05) is 39.8 Å². The van der Waals surface area contributed by atoms with Crippen LogP contribution < -0.4 is 9.47 Å². The molecular weight excluding hydrogens is 484 g/mol. The molecule has 2 aromatic rings. The van der Waals surface area contributed by atoms with Crippen molar-refractivity contribution >= 4 is 0 Å². The summed E-state index contributed by atoms with van der Waals surface area (Å²) in [6.45, 7) is 19.0. The predicted octanol–water partition coefficient (Wildman–Crippen LogP) is 6.84. The molecule has 0 radical (unpaired) electrons. The fourth-order valence-corrected chi connectivity index (χ4v) is 6.32. The van der Waals surface area contributed by atoms with Crippen molar-refractivity contribution in [1.29, 1.82) is 0 Å². The highest BCUT2D eigenvalue weighted by molar-refractivity contribution is 5.42. The Hall–Kier alpha value is -2.08. The van der Waals surface area contributed by atoms with Gasteiger partial charge in [-0.25, -0.2) is 0 Å². The lowest BCUT2D eigenvalue weighted by molar-refractivity contribution is 0.0603. The maximum atomic E-state index is 10.7. The lowest BCUT2D eigenvalue weighted by atomic mass is 10.1. The molecule has 39 heavy (non-hydrogen) atoms. The van der Waals surface area contributed by atoms with Crippen molar-refractivity contribution in [2.45, 2.75) is 105 Å². The van der Waals surface area contributed by atoms with Crippen LogP contribution in [0, 0.1) is 0 Å². The Balaban J connectivity index is 0.000000216. The second-order valence-corrected chi connectivity index (χ2v) is 11.0. The van der Waals surface area contributed by atoms with E-state index in [0.717, 1.165) is 56.0 Å². The quantitative estimate of drug-likeness (QED) is 0.285. The molecule has 3 atom stereocenters. The van der Waals surface area contributed by atoms with Crippen molar-refractivity contribution < 1.29 is 14.6 Å². The molecule has 0 spiro atoms. The molecule has 2 aliphatic rings. The number of aliphatic hydroxyl groups excluding tert-OH is 1. The van der Waals surface area contributed by atoms with Crippen molar-refractivity contribution in [3.05, 3.63) is 58.7 Å². The van der Waals surface area contributed by atoms with Crippen LogP contribution in [0.5, 0.6) is 11.5 Å². The first-order valence-electron chi connectivity index (χ1n) is 15.7. The lowest BCUT2D eigenvalue weighted by Crippen LogP contribution is -2.39. The third kappa shape index (κ3) is 8.45. The van der Waals surface area contributed by atoms with Gasteiger partial charge in [-0.3, -0.25) is 9.80 Å². The zero-order valence-corrected chi connectivity index (χ0v) is 25.5. The summed E-state index contributed by atoms with van der Waals surface area (Å²) in [6.07, 6.45) is 7.71. The van der Waals surface area contributed by atoms with Crippen LogP contribution in [0.1, 0.15) is 95.6 Å². The summed E-state index contributed by atoms with van der Waals surface area (Å²) in [5.41, 5.74) is 5.33. The van der Waals surface area contributed by atoms with Crippen LogP contribution >= 0.6 is 0 Å². The Labute approximate surface area is 238 Å². The molecule has 2 aromatic carbocycles. The Bertz CT molecular complexity index is 982. The van der Waals surface area contributed by atoms with E-state index in [4.69, 9.17) is 9.47 Å². The summed E-state index contributed by atoms with van der Waals surface area (Å²) in [4.78, 5) is 5.10. The molecule has 0 saturated carbocycles. The number of nitrogens with zero attached hydrogens (tertiary/aromatic N) is 2. The molecule has 1 N–H and O–H groups in total. The van der Waals surface area contributed by atoms with Gasteiger partial charge in [-0.05, 0) is 131 Å². The Kier molecular flexibility index (Phi) is 13.1. The number of ether oxygens (including phenoxy) is 2. The van der Waals surface area contributed by atoms with Crippen LogP contribution in [0.15, 0.2) is 36.4 Å². The molecule has 0 heterocycles. The Morgan fingerprint density at radius 2 is 1.15 bits per heavy atom. The molecule has 2 aliphatic carbocycles. The Morgan fingerprint density at radius 3 is 1.72 bits per heavy atom. The number of aliphatic hydroxyl groups is 1. The van der Waals surface area contributed by atoms with E-state index in [1.807, 2.05) is 26.0 Å². The second kappa shape index (κ2) is 16.2. The van der Waals surface area contributed by atoms with Gasteiger partial charge in [-0.15, -0.1) is 0 Å². The van der Waals surface area contributed by atoms with Gasteiger partial charge in [0.15, 0.2) is 0 Å². The standard InChI is InChI=1S/C17H27NO2.C17H27NO/c1-4-9-18(10-5-2)16-11-13-7-8-14(20-6-3)12-15(13)17(16)19;1-4-9-18(10-5-2)16-11-14-7-8-17(19-6-3)13-15(14)12-16/h7-8,12,16-17,19H,4-6,9-11H2,1-3H3;7-8,13,16H,4-6,9-12H2,1-3H3/t16-,17?;16-/m00/s1. The summed E-state index contributed by atoms with van der Waals surface area (Å²) in [5.74, 6) is 1.89. The van der Waals surface area contributed by atoms with Gasteiger partial charge in [0.25, 0.3) is 0 Å². The minimum absolute atomic E-state index is 0.224. The molecule has 0 saturated heterocycles. The van der Waals surface area contributed by atoms with E-state index in [-0.39, 0.29) is 12.1 Å². The molecular formula is C34H54N2O3. The summed E-state index contributed by atoms with van der Waals surface area (Å²) >= 11 is 0. The molecule has 4 rings (SSSR count). The fraction of sp³-hybridized carbons (Fsp3) is 0.647. The molecule has 218 valence electrons. The van der Waals surface area contributed by atoms with Gasteiger partial charge in [-0.2, -0.15) is 0 Å². The number of hydrogen-bond acceptors (Lipinski definition) is 5. The number of fused-ring (bicyclic) bond motifs is 2. The zero-order valence-electron chi connectivity index (χ0n) is 25.5. The van der Waals surface area contributed by atoms with Gasteiger partial charge in [0.2, 0.25) is 0 Å². The van der Waals surface area contributed by atoms with Crippen LogP contribution in [0.25, 0.3) is 0 Å². The maximum Gasteiger partial charge on any atom is 0.119 e. The van der Waals surface area contributed by atoms with Crippen molar-refractivity contribution in [2.75, 3.05) is 39.4 Å². The summed E-state index contributed by atoms with van der Waals surface area (Å²) in [5, 5.41) is 10.7. The van der Waals surface area contributed by atoms with Crippen molar-refractivity contribution in [2.24, 2.45) is 0 Å². The van der Waals surface area contributed by atoms with E-state index < -0.39 is 0 Å². The third-order valence-electron chi connectivity index (χ3n) is 7.97. The maximum absolute atomic E-state index is 10.7. The molecule has 5 heteroatoms. The predicted molar refractivity (Wildman–Crippen MR) is 163 cm³/mol. The first kappa shape index (κ1) is 31.4. The highest BCUT2D eigenvalue weighted by atomic mass is 16.5. The Morgan fingerprint density at radius 1 is 0.641 bits per heavy atom. The minimum Gasteiger partial charge on any atom is -0.494 e. The van der Waals surface area contributed by atoms with Gasteiger partial charge in [0.05, 0.1) is 19.3 Å². The van der Waals surface area contributed by atoms with Gasteiger partial charge in [0, 0.05) is 12.1 Å². The average Bonchev–Trinajstić information content (AvgIpc) is 3.50. The first-order valence-corrected chi connectivity index (χ1v) is 15.7. The van der Waals surface area contributed by atoms with Crippen LogP contribution in [-0.4, -0.2) is 66.4 Å². The van der Waals surface area contributed by atoms with E-state index in [9.17, 15) is 5.11 Å². The normalized spacial score (nSPS) is 19.6. The van der Waals surface area contributed by atoms with Crippen LogP contribution in [-0.2, 0) is 19.3 Å². The second-order valence-electron chi connectivity index (χ2n) is 11.0. The first-order chi connectivity index (χ1) is 19.0. The largest absolute Gasteiger partial charge is 0.494 e. The molecule has 0 amide bonds. The molecule has 1 unspecified atom stereocenters. The fourth-order valence-electron chi connectivity index (χ4n) is 6.32. The van der Waals surface area contributed by atoms with Gasteiger partial charge in [0.1, 0.15) is 11.5 Å². The summed E-state index contributed by atoms with van der Waals surface area (Å²) < 4.78 is 11.2. The molecule has 0 bridgehead atoms. The number of benzene rings is 2. The van der Waals surface area contributed by atoms with E-state index in [1.165, 1.54) is 55.5 Å². The molecule has 0 aliphatic heterocycles. The third-order valence-corrected chi connectivity index (χ3v) is 7.97. The molecule has 0 fully saturated rings. The molecule has 0 aromatic heterocycles. The van der Waals surface area contributed by atoms with Crippen molar-refractivity contribution in [3.8, 4) is 11.5 Å². The van der Waals surface area contributed by atoms with E-state index in [2.05, 4.69) is 61.8 Å². The van der Waals surface area contributed by atoms with Crippen LogP contribution in [0.2, 0.25) is 0 Å². The summed E-state index contributed by atoms with van der Waals surface area (Å²) in [7, 11) is 0. The highest BCUT2D eigenvalue weighted by Gasteiger charge is 2.34. The van der Waals surface area contributed by atoms with Gasteiger partial charge >= 0.3 is 0 Å². The van der Waals surface area contributed by atoms with Crippen LogP contribution in [0.3, 0.4) is 0 Å². The topological polar surface area (TPSA) is 45.2 Å². The zero-order chi connectivity index (χ0) is 28.2. The van der Waals surface area contributed by atoms with Crippen molar-refractivity contribution in [3.63, 3.8) is 0 Å².